The van der Waals surface area contributed by atoms with Crippen LogP contribution in [-0.4, -0.2) is 46.7 Å². The normalized spacial score (nSPS) is 19.5. The molecule has 3 N–H and O–H groups in total. The molecule has 0 saturated carbocycles. The number of carbonyl (C=O) groups is 3. The second-order valence-corrected chi connectivity index (χ2v) is 5.13. The Morgan fingerprint density at radius 1 is 1.63 bits per heavy atom. The van der Waals surface area contributed by atoms with Gasteiger partial charge in [-0.15, -0.1) is 11.3 Å². The maximum atomic E-state index is 12.2. The molecule has 1 atom stereocenters. The van der Waals surface area contributed by atoms with E-state index in [1.54, 1.807) is 12.3 Å². The standard InChI is InChI=1S/C11H14N4O3S/c1-6-10(17)14-8(16)4-15(6)11(18)7-5-19-9(13-7)2-3-12/h5-6H,2-4,12H2,1H3,(H,14,16,17). The number of hydrogen-bond donors (Lipinski definition) is 2. The van der Waals surface area contributed by atoms with Crippen LogP contribution in [0.25, 0.3) is 0 Å². The van der Waals surface area contributed by atoms with E-state index in [-0.39, 0.29) is 12.2 Å². The molecular weight excluding hydrogens is 268 g/mol. The highest BCUT2D eigenvalue weighted by Crippen LogP contribution is 2.15. The van der Waals surface area contributed by atoms with Crippen molar-refractivity contribution in [3.05, 3.63) is 16.1 Å². The van der Waals surface area contributed by atoms with Gasteiger partial charge in [0.25, 0.3) is 5.91 Å². The monoisotopic (exact) mass is 282 g/mol. The molecule has 1 aliphatic heterocycles. The van der Waals surface area contributed by atoms with Crippen molar-refractivity contribution in [1.82, 2.24) is 15.2 Å². The highest BCUT2D eigenvalue weighted by molar-refractivity contribution is 7.09. The number of nitrogens with zero attached hydrogens (tertiary/aromatic N) is 2. The molecule has 0 spiro atoms. The first kappa shape index (κ1) is 13.6. The number of imide groups is 1. The Morgan fingerprint density at radius 3 is 3.05 bits per heavy atom. The third-order valence-electron chi connectivity index (χ3n) is 2.81. The number of hydrogen-bond acceptors (Lipinski definition) is 6. The Labute approximate surface area is 113 Å². The van der Waals surface area contributed by atoms with E-state index < -0.39 is 23.8 Å². The van der Waals surface area contributed by atoms with Crippen molar-refractivity contribution in [3.63, 3.8) is 0 Å². The molecular formula is C11H14N4O3S. The molecule has 1 fully saturated rings. The summed E-state index contributed by atoms with van der Waals surface area (Å²) in [6, 6.07) is -0.676. The molecule has 0 aromatic carbocycles. The molecule has 8 heteroatoms. The second-order valence-electron chi connectivity index (χ2n) is 4.19. The van der Waals surface area contributed by atoms with Crippen LogP contribution in [0.5, 0.6) is 0 Å². The summed E-state index contributed by atoms with van der Waals surface area (Å²) < 4.78 is 0. The van der Waals surface area contributed by atoms with Gasteiger partial charge < -0.3 is 10.6 Å². The van der Waals surface area contributed by atoms with E-state index in [1.807, 2.05) is 0 Å². The summed E-state index contributed by atoms with van der Waals surface area (Å²) in [5.74, 6) is -1.36. The SMILES string of the molecule is CC1C(=O)NC(=O)CN1C(=O)c1csc(CCN)n1. The molecule has 3 amide bonds. The first-order chi connectivity index (χ1) is 9.02. The third kappa shape index (κ3) is 2.79. The van der Waals surface area contributed by atoms with Crippen molar-refractivity contribution in [2.45, 2.75) is 19.4 Å². The van der Waals surface area contributed by atoms with Crippen LogP contribution in [-0.2, 0) is 16.0 Å². The lowest BCUT2D eigenvalue weighted by Crippen LogP contribution is -2.58. The number of piperazine rings is 1. The van der Waals surface area contributed by atoms with Gasteiger partial charge in [-0.2, -0.15) is 0 Å². The maximum Gasteiger partial charge on any atom is 0.274 e. The van der Waals surface area contributed by atoms with Gasteiger partial charge in [-0.3, -0.25) is 19.7 Å². The van der Waals surface area contributed by atoms with E-state index in [0.717, 1.165) is 5.01 Å². The molecule has 7 nitrogen and oxygen atoms in total. The highest BCUT2D eigenvalue weighted by atomic mass is 32.1. The van der Waals surface area contributed by atoms with Crippen LogP contribution in [0.2, 0.25) is 0 Å². The third-order valence-corrected chi connectivity index (χ3v) is 3.72. The Morgan fingerprint density at radius 2 is 2.37 bits per heavy atom. The molecule has 19 heavy (non-hydrogen) atoms. The van der Waals surface area contributed by atoms with Gasteiger partial charge >= 0.3 is 0 Å². The Hall–Kier alpha value is -1.80. The van der Waals surface area contributed by atoms with Crippen LogP contribution in [0.15, 0.2) is 5.38 Å². The van der Waals surface area contributed by atoms with Crippen LogP contribution in [0.4, 0.5) is 0 Å². The van der Waals surface area contributed by atoms with Gasteiger partial charge in [0.05, 0.1) is 5.01 Å². The fourth-order valence-electron chi connectivity index (χ4n) is 1.76. The lowest BCUT2D eigenvalue weighted by Gasteiger charge is -2.31. The van der Waals surface area contributed by atoms with Gasteiger partial charge in [-0.05, 0) is 13.5 Å². The first-order valence-corrected chi connectivity index (χ1v) is 6.70. The van der Waals surface area contributed by atoms with Crippen LogP contribution < -0.4 is 11.1 Å². The Bertz CT molecular complexity index is 528. The lowest BCUT2D eigenvalue weighted by atomic mass is 10.2. The lowest BCUT2D eigenvalue weighted by molar-refractivity contribution is -0.138. The summed E-state index contributed by atoms with van der Waals surface area (Å²) in [7, 11) is 0. The topological polar surface area (TPSA) is 105 Å². The van der Waals surface area contributed by atoms with Gasteiger partial charge in [0, 0.05) is 11.8 Å². The zero-order valence-electron chi connectivity index (χ0n) is 10.4. The summed E-state index contributed by atoms with van der Waals surface area (Å²) in [5, 5.41) is 4.58. The number of nitrogens with two attached hydrogens (primary N) is 1. The van der Waals surface area contributed by atoms with Crippen LogP contribution in [0, 0.1) is 0 Å². The van der Waals surface area contributed by atoms with E-state index in [9.17, 15) is 14.4 Å². The molecule has 2 heterocycles. The predicted octanol–water partition coefficient (Wildman–Crippen LogP) is -0.869. The summed E-state index contributed by atoms with van der Waals surface area (Å²) in [6.45, 7) is 1.91. The van der Waals surface area contributed by atoms with Crippen molar-refractivity contribution in [1.29, 1.82) is 0 Å². The molecule has 0 radical (unpaired) electrons. The average molecular weight is 282 g/mol. The minimum absolute atomic E-state index is 0.129. The minimum Gasteiger partial charge on any atom is -0.330 e. The minimum atomic E-state index is -0.676. The van der Waals surface area contributed by atoms with Gasteiger partial charge in [0.1, 0.15) is 18.3 Å². The Balaban J connectivity index is 2.17. The summed E-state index contributed by atoms with van der Waals surface area (Å²) in [4.78, 5) is 40.4. The van der Waals surface area contributed by atoms with E-state index in [4.69, 9.17) is 5.73 Å². The average Bonchev–Trinajstić information content (AvgIpc) is 2.82. The largest absolute Gasteiger partial charge is 0.330 e. The first-order valence-electron chi connectivity index (χ1n) is 5.82. The molecule has 1 aromatic rings. The number of thiazole rings is 1. The van der Waals surface area contributed by atoms with Crippen molar-refractivity contribution in [2.75, 3.05) is 13.1 Å². The van der Waals surface area contributed by atoms with Crippen molar-refractivity contribution >= 4 is 29.1 Å². The summed E-state index contributed by atoms with van der Waals surface area (Å²) in [5.41, 5.74) is 5.67. The van der Waals surface area contributed by atoms with Crippen LogP contribution in [0.1, 0.15) is 22.4 Å². The number of amides is 3. The quantitative estimate of drug-likeness (QED) is 0.701. The number of aromatic nitrogens is 1. The molecule has 0 bridgehead atoms. The highest BCUT2D eigenvalue weighted by Gasteiger charge is 2.34. The molecule has 1 saturated heterocycles. The molecule has 2 rings (SSSR count). The second kappa shape index (κ2) is 5.45. The number of nitrogens with one attached hydrogen (secondary N) is 1. The van der Waals surface area contributed by atoms with E-state index >= 15 is 0 Å². The van der Waals surface area contributed by atoms with Crippen molar-refractivity contribution < 1.29 is 14.4 Å². The molecule has 102 valence electrons. The predicted molar refractivity (Wildman–Crippen MR) is 68.5 cm³/mol. The number of carbonyl (C=O) groups excluding carboxylic acids is 3. The van der Waals surface area contributed by atoms with Crippen molar-refractivity contribution in [3.8, 4) is 0 Å². The summed E-state index contributed by atoms with van der Waals surface area (Å²) in [6.07, 6.45) is 0.604. The van der Waals surface area contributed by atoms with Gasteiger partial charge in [0.2, 0.25) is 11.8 Å². The van der Waals surface area contributed by atoms with Gasteiger partial charge in [0.15, 0.2) is 0 Å². The van der Waals surface area contributed by atoms with E-state index in [1.165, 1.54) is 16.2 Å². The number of rotatable bonds is 3. The van der Waals surface area contributed by atoms with Crippen LogP contribution in [0.3, 0.4) is 0 Å². The van der Waals surface area contributed by atoms with Crippen LogP contribution >= 0.6 is 11.3 Å². The van der Waals surface area contributed by atoms with Gasteiger partial charge in [-0.1, -0.05) is 0 Å². The van der Waals surface area contributed by atoms with Crippen molar-refractivity contribution in [2.24, 2.45) is 5.73 Å². The molecule has 1 aliphatic rings. The van der Waals surface area contributed by atoms with E-state index in [0.29, 0.717) is 13.0 Å². The zero-order valence-corrected chi connectivity index (χ0v) is 11.2. The fourth-order valence-corrected chi connectivity index (χ4v) is 2.54. The molecule has 1 aromatic heterocycles. The fraction of sp³-hybridized carbons (Fsp3) is 0.455. The maximum absolute atomic E-state index is 12.2. The molecule has 0 aliphatic carbocycles. The van der Waals surface area contributed by atoms with Gasteiger partial charge in [-0.25, -0.2) is 4.98 Å². The van der Waals surface area contributed by atoms with E-state index in [2.05, 4.69) is 10.3 Å². The smallest absolute Gasteiger partial charge is 0.274 e. The zero-order chi connectivity index (χ0) is 14.0. The summed E-state index contributed by atoms with van der Waals surface area (Å²) >= 11 is 1.35. The Kier molecular flexibility index (Phi) is 3.91. The molecule has 1 unspecified atom stereocenters.